The molecule has 3 N–H and O–H groups in total. The van der Waals surface area contributed by atoms with Crippen LogP contribution in [0.5, 0.6) is 11.5 Å². The second-order valence-corrected chi connectivity index (χ2v) is 7.47. The van der Waals surface area contributed by atoms with Crippen LogP contribution in [0.2, 0.25) is 0 Å². The summed E-state index contributed by atoms with van der Waals surface area (Å²) in [6.07, 6.45) is 0.570. The van der Waals surface area contributed by atoms with Crippen LogP contribution in [-0.2, 0) is 11.3 Å². The van der Waals surface area contributed by atoms with E-state index < -0.39 is 11.2 Å². The zero-order chi connectivity index (χ0) is 20.5. The van der Waals surface area contributed by atoms with Gasteiger partial charge >= 0.3 is 5.69 Å². The summed E-state index contributed by atoms with van der Waals surface area (Å²) < 4.78 is 17.4. The Labute approximate surface area is 168 Å². The second-order valence-electron chi connectivity index (χ2n) is 6.47. The van der Waals surface area contributed by atoms with Gasteiger partial charge in [-0.3, -0.25) is 19.1 Å². The molecule has 9 nitrogen and oxygen atoms in total. The molecule has 0 spiro atoms. The van der Waals surface area contributed by atoms with Gasteiger partial charge in [-0.2, -0.15) is 0 Å². The summed E-state index contributed by atoms with van der Waals surface area (Å²) in [5, 5.41) is 0.146. The van der Waals surface area contributed by atoms with Gasteiger partial charge in [-0.05, 0) is 24.6 Å². The van der Waals surface area contributed by atoms with Gasteiger partial charge in [0.1, 0.15) is 22.9 Å². The SMILES string of the molecule is COCCCn1c(=O)[nH]c(=O)c2c(N)c(C(=O)c3ccc4c(c3)OCCO4)sc21. The van der Waals surface area contributed by atoms with Gasteiger partial charge in [0.2, 0.25) is 5.78 Å². The lowest BCUT2D eigenvalue weighted by Crippen LogP contribution is -2.30. The number of hydrogen-bond acceptors (Lipinski definition) is 8. The van der Waals surface area contributed by atoms with Crippen molar-refractivity contribution in [2.45, 2.75) is 13.0 Å². The number of ketones is 1. The van der Waals surface area contributed by atoms with E-state index in [0.717, 1.165) is 11.3 Å². The third kappa shape index (κ3) is 3.40. The Morgan fingerprint density at radius 1 is 1.28 bits per heavy atom. The van der Waals surface area contributed by atoms with Crippen molar-refractivity contribution in [1.29, 1.82) is 0 Å². The molecule has 1 aliphatic rings. The highest BCUT2D eigenvalue weighted by molar-refractivity contribution is 7.21. The van der Waals surface area contributed by atoms with Gasteiger partial charge in [-0.25, -0.2) is 4.79 Å². The summed E-state index contributed by atoms with van der Waals surface area (Å²) in [5.41, 5.74) is 5.43. The van der Waals surface area contributed by atoms with Gasteiger partial charge in [-0.1, -0.05) is 0 Å². The number of nitrogens with zero attached hydrogens (tertiary/aromatic N) is 1. The summed E-state index contributed by atoms with van der Waals surface area (Å²) in [5.74, 6) is 0.701. The molecule has 0 saturated heterocycles. The van der Waals surface area contributed by atoms with Crippen molar-refractivity contribution in [2.75, 3.05) is 32.7 Å². The van der Waals surface area contributed by atoms with Crippen LogP contribution in [0, 0.1) is 0 Å². The standard InChI is InChI=1S/C19H19N3O6S/c1-26-6-2-5-22-18-13(17(24)21-19(22)25)14(20)16(29-18)15(23)10-3-4-11-12(9-10)28-8-7-27-11/h3-4,9H,2,5-8,20H2,1H3,(H,21,24,25). The van der Waals surface area contributed by atoms with Crippen molar-refractivity contribution >= 4 is 33.0 Å². The van der Waals surface area contributed by atoms with E-state index in [1.807, 2.05) is 0 Å². The number of nitrogen functional groups attached to an aromatic ring is 1. The Balaban J connectivity index is 1.80. The maximum absolute atomic E-state index is 13.1. The first-order chi connectivity index (χ1) is 14.0. The van der Waals surface area contributed by atoms with Gasteiger partial charge in [0.05, 0.1) is 11.1 Å². The number of aromatic amines is 1. The van der Waals surface area contributed by atoms with Crippen molar-refractivity contribution in [2.24, 2.45) is 0 Å². The van der Waals surface area contributed by atoms with Crippen LogP contribution in [0.25, 0.3) is 10.2 Å². The highest BCUT2D eigenvalue weighted by atomic mass is 32.1. The number of thiophene rings is 1. The summed E-state index contributed by atoms with van der Waals surface area (Å²) in [6, 6.07) is 4.88. The molecule has 0 aliphatic carbocycles. The minimum absolute atomic E-state index is 0.0617. The number of nitrogens with one attached hydrogen (secondary N) is 1. The molecule has 1 aliphatic heterocycles. The van der Waals surface area contributed by atoms with E-state index in [1.54, 1.807) is 25.3 Å². The third-order valence-electron chi connectivity index (χ3n) is 4.61. The van der Waals surface area contributed by atoms with E-state index in [4.69, 9.17) is 19.9 Å². The lowest BCUT2D eigenvalue weighted by molar-refractivity contribution is 0.104. The fourth-order valence-corrected chi connectivity index (χ4v) is 4.42. The molecule has 4 rings (SSSR count). The number of H-pyrrole nitrogens is 1. The van der Waals surface area contributed by atoms with Crippen LogP contribution in [0.1, 0.15) is 21.7 Å². The molecule has 0 bridgehead atoms. The largest absolute Gasteiger partial charge is 0.486 e. The number of methoxy groups -OCH3 is 1. The molecule has 0 saturated carbocycles. The number of aryl methyl sites for hydroxylation is 1. The van der Waals surface area contributed by atoms with Crippen LogP contribution in [0.3, 0.4) is 0 Å². The fraction of sp³-hybridized carbons (Fsp3) is 0.316. The topological polar surface area (TPSA) is 126 Å². The molecule has 3 heterocycles. The lowest BCUT2D eigenvalue weighted by atomic mass is 10.1. The number of anilines is 1. The number of rotatable bonds is 6. The molecule has 2 aromatic heterocycles. The van der Waals surface area contributed by atoms with Crippen molar-refractivity contribution in [3.05, 3.63) is 49.5 Å². The summed E-state index contributed by atoms with van der Waals surface area (Å²) in [7, 11) is 1.57. The monoisotopic (exact) mass is 417 g/mol. The van der Waals surface area contributed by atoms with E-state index in [1.165, 1.54) is 4.57 Å². The van der Waals surface area contributed by atoms with Gasteiger partial charge in [0, 0.05) is 25.8 Å². The zero-order valence-electron chi connectivity index (χ0n) is 15.6. The van der Waals surface area contributed by atoms with E-state index in [-0.39, 0.29) is 21.7 Å². The first-order valence-electron chi connectivity index (χ1n) is 8.99. The van der Waals surface area contributed by atoms with Crippen LogP contribution in [0.15, 0.2) is 27.8 Å². The number of ether oxygens (including phenoxy) is 3. The molecule has 29 heavy (non-hydrogen) atoms. The van der Waals surface area contributed by atoms with Crippen LogP contribution in [0.4, 0.5) is 5.69 Å². The smallest absolute Gasteiger partial charge is 0.329 e. The van der Waals surface area contributed by atoms with Crippen LogP contribution < -0.4 is 26.5 Å². The normalized spacial score (nSPS) is 13.0. The Morgan fingerprint density at radius 3 is 2.79 bits per heavy atom. The molecule has 0 radical (unpaired) electrons. The Morgan fingerprint density at radius 2 is 2.03 bits per heavy atom. The van der Waals surface area contributed by atoms with Crippen molar-refractivity contribution < 1.29 is 19.0 Å². The number of hydrogen-bond donors (Lipinski definition) is 2. The maximum atomic E-state index is 13.1. The average Bonchev–Trinajstić information content (AvgIpc) is 3.07. The van der Waals surface area contributed by atoms with Gasteiger partial charge in [0.15, 0.2) is 11.5 Å². The Hall–Kier alpha value is -3.11. The van der Waals surface area contributed by atoms with Crippen molar-refractivity contribution in [3.8, 4) is 11.5 Å². The summed E-state index contributed by atoms with van der Waals surface area (Å²) in [4.78, 5) is 40.6. The maximum Gasteiger partial charge on any atom is 0.329 e. The number of aromatic nitrogens is 2. The molecule has 152 valence electrons. The molecule has 3 aromatic rings. The first-order valence-corrected chi connectivity index (χ1v) is 9.81. The minimum Gasteiger partial charge on any atom is -0.486 e. The molecule has 0 amide bonds. The zero-order valence-corrected chi connectivity index (χ0v) is 16.5. The predicted molar refractivity (Wildman–Crippen MR) is 108 cm³/mol. The molecule has 10 heteroatoms. The molecule has 0 fully saturated rings. The van der Waals surface area contributed by atoms with Crippen molar-refractivity contribution in [1.82, 2.24) is 9.55 Å². The minimum atomic E-state index is -0.608. The molecule has 0 atom stereocenters. The molecule has 0 unspecified atom stereocenters. The van der Waals surface area contributed by atoms with Gasteiger partial charge in [0.25, 0.3) is 5.56 Å². The highest BCUT2D eigenvalue weighted by Gasteiger charge is 2.24. The quantitative estimate of drug-likeness (QED) is 0.458. The van der Waals surface area contributed by atoms with Crippen LogP contribution in [-0.4, -0.2) is 42.3 Å². The van der Waals surface area contributed by atoms with E-state index in [0.29, 0.717) is 54.7 Å². The van der Waals surface area contributed by atoms with Gasteiger partial charge in [-0.15, -0.1) is 11.3 Å². The average molecular weight is 417 g/mol. The molecule has 1 aromatic carbocycles. The van der Waals surface area contributed by atoms with E-state index >= 15 is 0 Å². The van der Waals surface area contributed by atoms with Crippen molar-refractivity contribution in [3.63, 3.8) is 0 Å². The van der Waals surface area contributed by atoms with E-state index in [9.17, 15) is 14.4 Å². The third-order valence-corrected chi connectivity index (χ3v) is 5.83. The highest BCUT2D eigenvalue weighted by Crippen LogP contribution is 2.35. The number of carbonyl (C=O) groups is 1. The lowest BCUT2D eigenvalue weighted by Gasteiger charge is -2.18. The number of nitrogens with two attached hydrogens (primary N) is 1. The first kappa shape index (κ1) is 19.2. The fourth-order valence-electron chi connectivity index (χ4n) is 3.21. The number of benzene rings is 1. The van der Waals surface area contributed by atoms with Crippen LogP contribution >= 0.6 is 11.3 Å². The predicted octanol–water partition coefficient (Wildman–Crippen LogP) is 1.37. The number of carbonyl (C=O) groups excluding carboxylic acids is 1. The van der Waals surface area contributed by atoms with E-state index in [2.05, 4.69) is 4.98 Å². The summed E-state index contributed by atoms with van der Waals surface area (Å²) >= 11 is 1.03. The molecular formula is C19H19N3O6S. The Bertz CT molecular complexity index is 1210. The second kappa shape index (κ2) is 7.72. The number of fused-ring (bicyclic) bond motifs is 2. The van der Waals surface area contributed by atoms with Gasteiger partial charge < -0.3 is 19.9 Å². The Kier molecular flexibility index (Phi) is 5.12. The molecular weight excluding hydrogens is 398 g/mol. The summed E-state index contributed by atoms with van der Waals surface area (Å²) in [6.45, 7) is 1.64.